The molecule has 0 saturated heterocycles. The zero-order valence-corrected chi connectivity index (χ0v) is 31.4. The molecule has 8 heteroatoms. The van der Waals surface area contributed by atoms with E-state index < -0.39 is 18.1 Å². The van der Waals surface area contributed by atoms with Crippen LogP contribution in [-0.2, 0) is 28.6 Å². The summed E-state index contributed by atoms with van der Waals surface area (Å²) in [5.41, 5.74) is 0. The van der Waals surface area contributed by atoms with Crippen LogP contribution in [0, 0.1) is 0 Å². The number of aliphatic carboxylic acids is 1. The maximum atomic E-state index is 12.6. The molecule has 2 atom stereocenters. The van der Waals surface area contributed by atoms with Gasteiger partial charge in [-0.05, 0) is 57.8 Å². The lowest BCUT2D eigenvalue weighted by Crippen LogP contribution is -2.55. The Labute approximate surface area is 293 Å². The number of carboxylic acid groups (broad SMARTS) is 1. The zero-order chi connectivity index (χ0) is 35.7. The number of unbranched alkanes of at least 4 members (excludes halogenated alkanes) is 13. The van der Waals surface area contributed by atoms with Gasteiger partial charge in [0.1, 0.15) is 12.6 Å². The van der Waals surface area contributed by atoms with Crippen LogP contribution in [0.2, 0.25) is 0 Å². The number of likely N-dealkylation sites (N-methyl/N-ethyl adjacent to an activating group) is 1. The summed E-state index contributed by atoms with van der Waals surface area (Å²) in [6.45, 7) is 4.51. The number of carbonyl (C=O) groups excluding carboxylic acids is 3. The minimum Gasteiger partial charge on any atom is -0.544 e. The van der Waals surface area contributed by atoms with Gasteiger partial charge < -0.3 is 28.6 Å². The summed E-state index contributed by atoms with van der Waals surface area (Å²) in [5.74, 6) is -1.77. The summed E-state index contributed by atoms with van der Waals surface area (Å²) in [7, 11) is 5.38. The van der Waals surface area contributed by atoms with Crippen LogP contribution in [0.25, 0.3) is 0 Å². The third kappa shape index (κ3) is 29.7. The minimum atomic E-state index is -1.13. The average molecular weight is 678 g/mol. The zero-order valence-electron chi connectivity index (χ0n) is 31.4. The summed E-state index contributed by atoms with van der Waals surface area (Å²) in [5, 5.41) is 11.6. The molecule has 0 aliphatic carbocycles. The number of ether oxygens (including phenoxy) is 3. The van der Waals surface area contributed by atoms with Crippen LogP contribution in [0.15, 0.2) is 36.5 Å². The highest BCUT2D eigenvalue weighted by molar-refractivity contribution is 5.70. The summed E-state index contributed by atoms with van der Waals surface area (Å²) >= 11 is 0. The average Bonchev–Trinajstić information content (AvgIpc) is 3.03. The van der Waals surface area contributed by atoms with E-state index in [1.54, 1.807) is 21.1 Å². The molecule has 0 aromatic heterocycles. The smallest absolute Gasteiger partial charge is 0.306 e. The van der Waals surface area contributed by atoms with Crippen molar-refractivity contribution in [1.29, 1.82) is 0 Å². The summed E-state index contributed by atoms with van der Waals surface area (Å²) in [6.07, 6.45) is 33.1. The lowest BCUT2D eigenvalue weighted by Gasteiger charge is -2.34. The number of carboxylic acids is 1. The first-order valence-electron chi connectivity index (χ1n) is 19.0. The van der Waals surface area contributed by atoms with Gasteiger partial charge >= 0.3 is 11.9 Å². The first-order valence-corrected chi connectivity index (χ1v) is 19.0. The van der Waals surface area contributed by atoms with Gasteiger partial charge in [-0.15, -0.1) is 0 Å². The highest BCUT2D eigenvalue weighted by atomic mass is 16.6. The number of allylic oxidation sites excluding steroid dienone is 6. The van der Waals surface area contributed by atoms with Gasteiger partial charge in [0.2, 0.25) is 0 Å². The van der Waals surface area contributed by atoms with E-state index in [-0.39, 0.29) is 42.7 Å². The van der Waals surface area contributed by atoms with Crippen molar-refractivity contribution >= 4 is 17.9 Å². The molecule has 0 aliphatic heterocycles. The van der Waals surface area contributed by atoms with Gasteiger partial charge in [-0.3, -0.25) is 9.59 Å². The third-order valence-electron chi connectivity index (χ3n) is 8.23. The fourth-order valence-electron chi connectivity index (χ4n) is 5.20. The molecular formula is C40H71NO7. The van der Waals surface area contributed by atoms with Crippen molar-refractivity contribution in [2.75, 3.05) is 41.0 Å². The van der Waals surface area contributed by atoms with E-state index in [0.717, 1.165) is 83.5 Å². The second kappa shape index (κ2) is 31.8. The van der Waals surface area contributed by atoms with E-state index in [1.807, 2.05) is 0 Å². The SMILES string of the molecule is CCC/C=C\CCCCCCCC(=O)OCC(COCCC(C(=O)[O-])[N+](C)(C)C)OC(=O)CCCCCCC/C=C\C/C=C\CCCC. The number of carbonyl (C=O) groups is 3. The van der Waals surface area contributed by atoms with Gasteiger partial charge in [0.25, 0.3) is 0 Å². The molecule has 0 bridgehead atoms. The van der Waals surface area contributed by atoms with E-state index in [0.29, 0.717) is 12.8 Å². The van der Waals surface area contributed by atoms with Crippen molar-refractivity contribution in [3.05, 3.63) is 36.5 Å². The van der Waals surface area contributed by atoms with Crippen LogP contribution >= 0.6 is 0 Å². The Morgan fingerprint density at radius 2 is 1.15 bits per heavy atom. The molecular weight excluding hydrogens is 606 g/mol. The molecule has 0 heterocycles. The molecule has 0 aliphatic rings. The van der Waals surface area contributed by atoms with Crippen molar-refractivity contribution in [1.82, 2.24) is 0 Å². The molecule has 0 spiro atoms. The molecule has 278 valence electrons. The maximum absolute atomic E-state index is 12.6. The largest absolute Gasteiger partial charge is 0.544 e. The Morgan fingerprint density at radius 3 is 1.71 bits per heavy atom. The predicted octanol–water partition coefficient (Wildman–Crippen LogP) is 8.18. The van der Waals surface area contributed by atoms with Gasteiger partial charge in [0.05, 0.1) is 40.3 Å². The number of nitrogens with zero attached hydrogens (tertiary/aromatic N) is 1. The van der Waals surface area contributed by atoms with Gasteiger partial charge in [0.15, 0.2) is 6.10 Å². The number of hydrogen-bond acceptors (Lipinski definition) is 7. The van der Waals surface area contributed by atoms with Crippen LogP contribution in [0.4, 0.5) is 0 Å². The van der Waals surface area contributed by atoms with Crippen LogP contribution in [-0.4, -0.2) is 75.5 Å². The number of esters is 2. The fraction of sp³-hybridized carbons (Fsp3) is 0.775. The summed E-state index contributed by atoms with van der Waals surface area (Å²) in [4.78, 5) is 36.6. The Hall–Kier alpha value is -2.45. The molecule has 0 fully saturated rings. The molecule has 0 aromatic rings. The molecule has 0 amide bonds. The van der Waals surface area contributed by atoms with Crippen molar-refractivity contribution in [3.63, 3.8) is 0 Å². The molecule has 8 nitrogen and oxygen atoms in total. The topological polar surface area (TPSA) is 102 Å². The van der Waals surface area contributed by atoms with Crippen molar-refractivity contribution in [2.45, 2.75) is 161 Å². The van der Waals surface area contributed by atoms with Crippen molar-refractivity contribution < 1.29 is 38.2 Å². The highest BCUT2D eigenvalue weighted by Crippen LogP contribution is 2.12. The standard InChI is InChI=1S/C40H71NO7/c1-6-8-10-12-14-16-18-19-20-21-23-25-27-29-31-39(43)48-36(34-46-33-32-37(40(44)45)41(3,4)5)35-47-38(42)30-28-26-24-22-17-15-13-11-9-7-2/h11-14,18-19,36-37H,6-10,15-17,20-35H2,1-5H3/b13-11-,14-12-,19-18-. The van der Waals surface area contributed by atoms with Gasteiger partial charge in [-0.2, -0.15) is 0 Å². The van der Waals surface area contributed by atoms with Gasteiger partial charge in [-0.25, -0.2) is 0 Å². The Kier molecular flexibility index (Phi) is 30.2. The van der Waals surface area contributed by atoms with Gasteiger partial charge in [0, 0.05) is 19.3 Å². The van der Waals surface area contributed by atoms with Gasteiger partial charge in [-0.1, -0.05) is 108 Å². The Bertz CT molecular complexity index is 891. The quantitative estimate of drug-likeness (QED) is 0.0299. The second-order valence-electron chi connectivity index (χ2n) is 13.8. The molecule has 0 radical (unpaired) electrons. The monoisotopic (exact) mass is 678 g/mol. The van der Waals surface area contributed by atoms with Crippen LogP contribution in [0.5, 0.6) is 0 Å². The molecule has 2 unspecified atom stereocenters. The van der Waals surface area contributed by atoms with Crippen molar-refractivity contribution in [2.24, 2.45) is 0 Å². The van der Waals surface area contributed by atoms with Crippen LogP contribution in [0.3, 0.4) is 0 Å². The normalized spacial score (nSPS) is 13.4. The minimum absolute atomic E-state index is 0.0324. The Balaban J connectivity index is 4.46. The summed E-state index contributed by atoms with van der Waals surface area (Å²) < 4.78 is 17.0. The van der Waals surface area contributed by atoms with Crippen molar-refractivity contribution in [3.8, 4) is 0 Å². The molecule has 0 rings (SSSR count). The molecule has 0 N–H and O–H groups in total. The van der Waals surface area contributed by atoms with E-state index in [1.165, 1.54) is 32.1 Å². The lowest BCUT2D eigenvalue weighted by molar-refractivity contribution is -0.889. The van der Waals surface area contributed by atoms with E-state index in [4.69, 9.17) is 14.2 Å². The molecule has 0 aromatic carbocycles. The summed E-state index contributed by atoms with van der Waals surface area (Å²) in [6, 6.07) is -0.727. The maximum Gasteiger partial charge on any atom is 0.306 e. The number of quaternary nitrogens is 1. The van der Waals surface area contributed by atoms with E-state index in [9.17, 15) is 19.5 Å². The van der Waals surface area contributed by atoms with E-state index >= 15 is 0 Å². The first kappa shape index (κ1) is 45.6. The van der Waals surface area contributed by atoms with E-state index in [2.05, 4.69) is 50.3 Å². The number of hydrogen-bond donors (Lipinski definition) is 0. The lowest BCUT2D eigenvalue weighted by atomic mass is 10.1. The second-order valence-corrected chi connectivity index (χ2v) is 13.8. The predicted molar refractivity (Wildman–Crippen MR) is 194 cm³/mol. The van der Waals surface area contributed by atoms with Crippen LogP contribution in [0.1, 0.15) is 149 Å². The molecule has 48 heavy (non-hydrogen) atoms. The third-order valence-corrected chi connectivity index (χ3v) is 8.23. The highest BCUT2D eigenvalue weighted by Gasteiger charge is 2.25. The van der Waals surface area contributed by atoms with Crippen LogP contribution < -0.4 is 5.11 Å². The molecule has 0 saturated carbocycles. The Morgan fingerprint density at radius 1 is 0.625 bits per heavy atom. The number of rotatable bonds is 33. The fourth-order valence-corrected chi connectivity index (χ4v) is 5.20. The first-order chi connectivity index (χ1) is 23.1.